The number of pyridine rings is 1. The molecular weight excluding hydrogens is 675 g/mol. The number of halogens is 5. The molecule has 1 aromatic carbocycles. The van der Waals surface area contributed by atoms with E-state index >= 15 is 4.39 Å². The fourth-order valence-corrected chi connectivity index (χ4v) is 7.52. The summed E-state index contributed by atoms with van der Waals surface area (Å²) in [5.74, 6) is -3.46. The maximum atomic E-state index is 15.2. The molecule has 1 fully saturated rings. The lowest BCUT2D eigenvalue weighted by atomic mass is 9.87. The van der Waals surface area contributed by atoms with Crippen LogP contribution in [0.3, 0.4) is 0 Å². The van der Waals surface area contributed by atoms with Gasteiger partial charge in [0, 0.05) is 31.2 Å². The molecule has 2 aliphatic rings. The topological polar surface area (TPSA) is 131 Å². The number of rotatable bonds is 4. The summed E-state index contributed by atoms with van der Waals surface area (Å²) in [4.78, 5) is 51.2. The van der Waals surface area contributed by atoms with Crippen LogP contribution in [0.25, 0.3) is 11.2 Å². The molecule has 0 radical (unpaired) electrons. The van der Waals surface area contributed by atoms with Gasteiger partial charge in [-0.3, -0.25) is 9.55 Å². The minimum atomic E-state index is -4.89. The van der Waals surface area contributed by atoms with E-state index in [1.165, 1.54) is 17.0 Å². The van der Waals surface area contributed by atoms with E-state index in [1.54, 1.807) is 43.7 Å². The Kier molecular flexibility index (Phi) is 9.15. The number of carbonyl (C=O) groups is 2. The van der Waals surface area contributed by atoms with Crippen molar-refractivity contribution in [2.75, 3.05) is 13.1 Å². The quantitative estimate of drug-likeness (QED) is 0.170. The average Bonchev–Trinajstić information content (AvgIpc) is 3.59. The van der Waals surface area contributed by atoms with Crippen molar-refractivity contribution in [1.29, 1.82) is 0 Å². The third-order valence-corrected chi connectivity index (χ3v) is 9.73. The number of likely N-dealkylation sites (tertiary alicyclic amines) is 1. The number of hydrogen-bond donors (Lipinski definition) is 2. The molecule has 3 atom stereocenters. The number of nitrogens with zero attached hydrogens (tertiary/aromatic N) is 4. The standard InChI is InChI=1S/C32H33F5N6O5S/c1-31(2,3)48-29(45)40-23-18(17-6-4-7-19(33)22(17)34)9-10-21(24-25(23)49-27(39-24)32(35,36)37)47-30(46)42-14-11-16(12-15-42)43-20-8-5-13-38-26(20)41-28(43)44/h4-8,13,16,18,21,23H,9-12,14-15H2,1-3H3,(H,40,45)(H,38,41,44). The van der Waals surface area contributed by atoms with E-state index in [-0.39, 0.29) is 65.1 Å². The highest BCUT2D eigenvalue weighted by Gasteiger charge is 2.44. The minimum Gasteiger partial charge on any atom is -0.444 e. The number of piperidine rings is 1. The number of aromatic amines is 1. The molecule has 4 aromatic rings. The van der Waals surface area contributed by atoms with Crippen molar-refractivity contribution in [3.8, 4) is 0 Å². The van der Waals surface area contributed by atoms with Crippen LogP contribution in [0.5, 0.6) is 0 Å². The molecular formula is C32H33F5N6O5S. The zero-order valence-corrected chi connectivity index (χ0v) is 27.5. The first-order valence-corrected chi connectivity index (χ1v) is 16.4. The molecule has 6 rings (SSSR count). The van der Waals surface area contributed by atoms with Gasteiger partial charge < -0.3 is 19.7 Å². The minimum absolute atomic E-state index is 0.0250. The van der Waals surface area contributed by atoms with Crippen LogP contribution in [-0.2, 0) is 15.7 Å². The summed E-state index contributed by atoms with van der Waals surface area (Å²) in [6, 6.07) is 5.37. The Morgan fingerprint density at radius 1 is 1.04 bits per heavy atom. The van der Waals surface area contributed by atoms with Crippen molar-refractivity contribution < 1.29 is 41.0 Å². The number of ether oxygens (including phenoxy) is 2. The molecule has 262 valence electrons. The van der Waals surface area contributed by atoms with Gasteiger partial charge in [-0.15, -0.1) is 11.3 Å². The second kappa shape index (κ2) is 13.1. The Balaban J connectivity index is 1.29. The van der Waals surface area contributed by atoms with E-state index in [4.69, 9.17) is 9.47 Å². The highest BCUT2D eigenvalue weighted by molar-refractivity contribution is 7.12. The van der Waals surface area contributed by atoms with Gasteiger partial charge in [0.05, 0.1) is 22.1 Å². The monoisotopic (exact) mass is 708 g/mol. The number of thiazole rings is 1. The number of fused-ring (bicyclic) bond motifs is 2. The molecule has 2 N–H and O–H groups in total. The number of imidazole rings is 1. The van der Waals surface area contributed by atoms with Crippen LogP contribution in [0.4, 0.5) is 31.5 Å². The van der Waals surface area contributed by atoms with Crippen molar-refractivity contribution in [2.45, 2.75) is 82.3 Å². The lowest BCUT2D eigenvalue weighted by molar-refractivity contribution is -0.137. The first-order chi connectivity index (χ1) is 23.1. The number of alkyl halides is 3. The van der Waals surface area contributed by atoms with Crippen molar-refractivity contribution >= 4 is 34.7 Å². The van der Waals surface area contributed by atoms with Crippen molar-refractivity contribution in [1.82, 2.24) is 29.7 Å². The number of hydrogen-bond acceptors (Lipinski definition) is 8. The van der Waals surface area contributed by atoms with E-state index in [2.05, 4.69) is 20.3 Å². The van der Waals surface area contributed by atoms with Gasteiger partial charge in [-0.1, -0.05) is 12.1 Å². The van der Waals surface area contributed by atoms with E-state index in [0.717, 1.165) is 6.07 Å². The van der Waals surface area contributed by atoms with Crippen LogP contribution in [0.15, 0.2) is 41.3 Å². The molecule has 0 spiro atoms. The van der Waals surface area contributed by atoms with E-state index in [9.17, 15) is 31.9 Å². The molecule has 0 saturated carbocycles. The predicted molar refractivity (Wildman–Crippen MR) is 167 cm³/mol. The Morgan fingerprint density at radius 3 is 2.47 bits per heavy atom. The average molecular weight is 709 g/mol. The summed E-state index contributed by atoms with van der Waals surface area (Å²) in [5.41, 5.74) is -0.654. The number of nitrogens with one attached hydrogen (secondary N) is 2. The molecule has 0 bridgehead atoms. The van der Waals surface area contributed by atoms with Gasteiger partial charge in [-0.05, 0) is 70.2 Å². The van der Waals surface area contributed by atoms with Crippen molar-refractivity contribution in [2.24, 2.45) is 0 Å². The molecule has 1 aliphatic heterocycles. The van der Waals surface area contributed by atoms with Gasteiger partial charge in [0.15, 0.2) is 22.3 Å². The molecule has 1 saturated heterocycles. The molecule has 4 heterocycles. The first-order valence-electron chi connectivity index (χ1n) is 15.6. The maximum Gasteiger partial charge on any atom is 0.443 e. The largest absolute Gasteiger partial charge is 0.444 e. The molecule has 2 amide bonds. The molecule has 3 aromatic heterocycles. The first kappa shape index (κ1) is 34.3. The normalized spacial score (nSPS) is 20.5. The number of alkyl carbamates (subject to hydrolysis) is 1. The lowest BCUT2D eigenvalue weighted by Gasteiger charge is -2.32. The Morgan fingerprint density at radius 2 is 1.78 bits per heavy atom. The number of carbonyl (C=O) groups excluding carboxylic acids is 2. The number of amides is 2. The zero-order chi connectivity index (χ0) is 35.2. The summed E-state index contributed by atoms with van der Waals surface area (Å²) in [7, 11) is 0. The van der Waals surface area contributed by atoms with Gasteiger partial charge >= 0.3 is 24.1 Å². The van der Waals surface area contributed by atoms with Crippen LogP contribution in [0.2, 0.25) is 0 Å². The summed E-state index contributed by atoms with van der Waals surface area (Å²) in [6.07, 6.45) is -5.78. The molecule has 49 heavy (non-hydrogen) atoms. The lowest BCUT2D eigenvalue weighted by Crippen LogP contribution is -2.41. The molecule has 17 heteroatoms. The van der Waals surface area contributed by atoms with Crippen LogP contribution in [0.1, 0.15) is 91.7 Å². The van der Waals surface area contributed by atoms with Gasteiger partial charge in [-0.25, -0.2) is 33.1 Å². The Hall–Kier alpha value is -4.54. The van der Waals surface area contributed by atoms with Gasteiger partial charge in [0.2, 0.25) is 0 Å². The second-order valence-electron chi connectivity index (χ2n) is 13.0. The van der Waals surface area contributed by atoms with Crippen LogP contribution in [-0.4, -0.2) is 55.3 Å². The van der Waals surface area contributed by atoms with Gasteiger partial charge in [0.25, 0.3) is 0 Å². The maximum absolute atomic E-state index is 15.2. The number of H-pyrrole nitrogens is 1. The Bertz CT molecular complexity index is 1930. The molecule has 3 unspecified atom stereocenters. The summed E-state index contributed by atoms with van der Waals surface area (Å²) in [6.45, 7) is 5.16. The SMILES string of the molecule is CC(C)(C)OC(=O)NC1c2sc(C(F)(F)F)nc2C(OC(=O)N2CCC(n3c(=O)[nH]c4ncccc43)CC2)CCC1c1cccc(F)c1F. The summed E-state index contributed by atoms with van der Waals surface area (Å²) < 4.78 is 84.7. The number of aromatic nitrogens is 4. The van der Waals surface area contributed by atoms with Crippen LogP contribution < -0.4 is 11.0 Å². The smallest absolute Gasteiger partial charge is 0.443 e. The molecule has 1 aliphatic carbocycles. The van der Waals surface area contributed by atoms with Crippen LogP contribution >= 0.6 is 11.3 Å². The van der Waals surface area contributed by atoms with Crippen LogP contribution in [0, 0.1) is 11.6 Å². The summed E-state index contributed by atoms with van der Waals surface area (Å²) >= 11 is 0.232. The number of benzene rings is 1. The highest BCUT2D eigenvalue weighted by atomic mass is 32.1. The Labute approximate surface area is 280 Å². The fourth-order valence-electron chi connectivity index (χ4n) is 6.42. The van der Waals surface area contributed by atoms with E-state index in [0.29, 0.717) is 24.0 Å². The zero-order valence-electron chi connectivity index (χ0n) is 26.6. The second-order valence-corrected chi connectivity index (χ2v) is 14.0. The fraction of sp³-hybridized carbons (Fsp3) is 0.469. The third kappa shape index (κ3) is 7.12. The van der Waals surface area contributed by atoms with E-state index < -0.39 is 58.7 Å². The van der Waals surface area contributed by atoms with E-state index in [1.807, 2.05) is 0 Å². The van der Waals surface area contributed by atoms with Crippen molar-refractivity contribution in [3.05, 3.63) is 79.8 Å². The van der Waals surface area contributed by atoms with Gasteiger partial charge in [0.1, 0.15) is 11.7 Å². The third-order valence-electron chi connectivity index (χ3n) is 8.53. The summed E-state index contributed by atoms with van der Waals surface area (Å²) in [5, 5.41) is 1.32. The predicted octanol–water partition coefficient (Wildman–Crippen LogP) is 7.14. The molecule has 11 nitrogen and oxygen atoms in total. The highest BCUT2D eigenvalue weighted by Crippen LogP contribution is 2.49. The van der Waals surface area contributed by atoms with Gasteiger partial charge in [-0.2, -0.15) is 13.2 Å². The van der Waals surface area contributed by atoms with Crippen molar-refractivity contribution in [3.63, 3.8) is 0 Å².